The molecule has 220 valence electrons. The van der Waals surface area contributed by atoms with Crippen molar-refractivity contribution in [3.05, 3.63) is 118 Å². The van der Waals surface area contributed by atoms with E-state index < -0.39 is 0 Å². The van der Waals surface area contributed by atoms with Crippen LogP contribution in [0.3, 0.4) is 0 Å². The van der Waals surface area contributed by atoms with Gasteiger partial charge in [0.2, 0.25) is 0 Å². The van der Waals surface area contributed by atoms with E-state index in [1.807, 2.05) is 50.5 Å². The van der Waals surface area contributed by atoms with Crippen LogP contribution < -0.4 is 21.3 Å². The highest BCUT2D eigenvalue weighted by atomic mass is 19.1. The summed E-state index contributed by atoms with van der Waals surface area (Å²) in [7, 11) is 3.70. The fourth-order valence-corrected chi connectivity index (χ4v) is 5.78. The Hall–Kier alpha value is -5.64. The Labute approximate surface area is 251 Å². The molecule has 0 fully saturated rings. The van der Waals surface area contributed by atoms with E-state index in [9.17, 15) is 18.4 Å². The topological polar surface area (TPSA) is 101 Å². The predicted octanol–water partition coefficient (Wildman–Crippen LogP) is 6.44. The standard InChI is InChI=1S/2C17H13FN2O2/c1-19-11-3-4-12-9(6-11)8-22-16(12)15-13-7-10(18)2-5-14(13)20-17(15)21;1-19-11-3-5-12-9(6-11)8-22-16(12)15-13-4-2-10(18)7-14(13)20-17(15)21/h2*2-7,19H,8H2,1H3,(H,20,21). The van der Waals surface area contributed by atoms with Crippen molar-refractivity contribution >= 4 is 57.2 Å². The fraction of sp³-hybridized carbons (Fsp3) is 0.118. The van der Waals surface area contributed by atoms with Gasteiger partial charge in [0.1, 0.15) is 36.4 Å². The Morgan fingerprint density at radius 3 is 1.68 bits per heavy atom. The van der Waals surface area contributed by atoms with Gasteiger partial charge in [-0.2, -0.15) is 0 Å². The summed E-state index contributed by atoms with van der Waals surface area (Å²) in [5, 5.41) is 11.6. The maximum atomic E-state index is 13.5. The number of ether oxygens (including phenoxy) is 2. The van der Waals surface area contributed by atoms with Crippen molar-refractivity contribution in [2.45, 2.75) is 13.2 Å². The Bertz CT molecular complexity index is 1970. The number of hydrogen-bond donors (Lipinski definition) is 4. The van der Waals surface area contributed by atoms with Gasteiger partial charge in [-0.3, -0.25) is 9.59 Å². The minimum Gasteiger partial charge on any atom is -0.487 e. The van der Waals surface area contributed by atoms with Gasteiger partial charge >= 0.3 is 0 Å². The molecule has 2 amide bonds. The molecule has 8 nitrogen and oxygen atoms in total. The summed E-state index contributed by atoms with van der Waals surface area (Å²) in [6.45, 7) is 0.828. The molecule has 4 aliphatic heterocycles. The van der Waals surface area contributed by atoms with Gasteiger partial charge in [0.25, 0.3) is 11.8 Å². The average Bonchev–Trinajstić information content (AvgIpc) is 3.78. The van der Waals surface area contributed by atoms with E-state index in [-0.39, 0.29) is 23.4 Å². The summed E-state index contributed by atoms with van der Waals surface area (Å²) in [5.41, 5.74) is 8.96. The first kappa shape index (κ1) is 27.2. The fourth-order valence-electron chi connectivity index (χ4n) is 5.78. The monoisotopic (exact) mass is 592 g/mol. The third-order valence-electron chi connectivity index (χ3n) is 7.93. The van der Waals surface area contributed by atoms with Crippen LogP contribution in [-0.4, -0.2) is 25.9 Å². The number of benzene rings is 4. The molecule has 0 unspecified atom stereocenters. The molecule has 10 heteroatoms. The number of nitrogens with one attached hydrogen (secondary N) is 4. The predicted molar refractivity (Wildman–Crippen MR) is 165 cm³/mol. The Morgan fingerprint density at radius 1 is 0.591 bits per heavy atom. The number of carbonyl (C=O) groups is 2. The molecule has 0 saturated carbocycles. The number of amides is 2. The van der Waals surface area contributed by atoms with Crippen LogP contribution in [0.2, 0.25) is 0 Å². The van der Waals surface area contributed by atoms with Crippen LogP contribution in [0.4, 0.5) is 31.5 Å². The van der Waals surface area contributed by atoms with Crippen LogP contribution in [0.25, 0.3) is 22.7 Å². The average molecular weight is 593 g/mol. The molecule has 0 spiro atoms. The van der Waals surface area contributed by atoms with Gasteiger partial charge in [0.05, 0.1) is 16.8 Å². The molecule has 4 heterocycles. The second-order valence-electron chi connectivity index (χ2n) is 10.5. The molecule has 0 aliphatic carbocycles. The van der Waals surface area contributed by atoms with Gasteiger partial charge in [0.15, 0.2) is 0 Å². The van der Waals surface area contributed by atoms with Crippen molar-refractivity contribution in [1.82, 2.24) is 0 Å². The quantitative estimate of drug-likeness (QED) is 0.200. The first-order chi connectivity index (χ1) is 21.3. The van der Waals surface area contributed by atoms with E-state index in [0.717, 1.165) is 33.6 Å². The highest BCUT2D eigenvalue weighted by Gasteiger charge is 2.34. The van der Waals surface area contributed by atoms with Crippen molar-refractivity contribution < 1.29 is 27.8 Å². The van der Waals surface area contributed by atoms with Crippen molar-refractivity contribution in [3.63, 3.8) is 0 Å². The molecule has 0 aromatic heterocycles. The van der Waals surface area contributed by atoms with E-state index >= 15 is 0 Å². The maximum Gasteiger partial charge on any atom is 0.260 e. The normalized spacial score (nSPS) is 18.5. The largest absolute Gasteiger partial charge is 0.487 e. The number of fused-ring (bicyclic) bond motifs is 4. The molecule has 0 bridgehead atoms. The first-order valence-corrected chi connectivity index (χ1v) is 13.9. The molecule has 44 heavy (non-hydrogen) atoms. The summed E-state index contributed by atoms with van der Waals surface area (Å²) < 4.78 is 38.3. The van der Waals surface area contributed by atoms with Crippen molar-refractivity contribution in [1.29, 1.82) is 0 Å². The molecule has 4 aromatic rings. The lowest BCUT2D eigenvalue weighted by atomic mass is 10.00. The second kappa shape index (κ2) is 10.6. The van der Waals surface area contributed by atoms with Crippen LogP contribution in [0, 0.1) is 11.6 Å². The summed E-state index contributed by atoms with van der Waals surface area (Å²) >= 11 is 0. The minimum atomic E-state index is -0.378. The maximum absolute atomic E-state index is 13.5. The molecular weight excluding hydrogens is 566 g/mol. The van der Waals surface area contributed by atoms with Gasteiger partial charge in [-0.25, -0.2) is 8.78 Å². The van der Waals surface area contributed by atoms with Crippen LogP contribution in [-0.2, 0) is 32.3 Å². The SMILES string of the molecule is CNc1ccc2c(c1)COC2=C1C(=O)Nc2cc(F)ccc21.CNc1ccc2c(c1)COC2=C1C(=O)Nc2ccc(F)cc21. The lowest BCUT2D eigenvalue weighted by molar-refractivity contribution is -0.111. The Kier molecular flexibility index (Phi) is 6.54. The molecule has 0 atom stereocenters. The summed E-state index contributed by atoms with van der Waals surface area (Å²) in [5.74, 6) is -0.212. The van der Waals surface area contributed by atoms with Crippen LogP contribution >= 0.6 is 0 Å². The third kappa shape index (κ3) is 4.51. The van der Waals surface area contributed by atoms with E-state index in [1.54, 1.807) is 12.1 Å². The smallest absolute Gasteiger partial charge is 0.260 e. The molecule has 0 radical (unpaired) electrons. The molecule has 4 aromatic carbocycles. The van der Waals surface area contributed by atoms with Crippen molar-refractivity contribution in [3.8, 4) is 0 Å². The third-order valence-corrected chi connectivity index (χ3v) is 7.93. The molecule has 8 rings (SSSR count). The van der Waals surface area contributed by atoms with E-state index in [0.29, 0.717) is 58.4 Å². The number of carbonyl (C=O) groups excluding carboxylic acids is 2. The number of hydrogen-bond acceptors (Lipinski definition) is 6. The van der Waals surface area contributed by atoms with Crippen molar-refractivity contribution in [2.24, 2.45) is 0 Å². The van der Waals surface area contributed by atoms with E-state index in [4.69, 9.17) is 9.47 Å². The zero-order valence-corrected chi connectivity index (χ0v) is 23.7. The highest BCUT2D eigenvalue weighted by molar-refractivity contribution is 6.37. The van der Waals surface area contributed by atoms with E-state index in [1.165, 1.54) is 24.3 Å². The highest BCUT2D eigenvalue weighted by Crippen LogP contribution is 2.43. The Balaban J connectivity index is 0.000000142. The zero-order chi connectivity index (χ0) is 30.5. The van der Waals surface area contributed by atoms with Crippen LogP contribution in [0.5, 0.6) is 0 Å². The molecular formula is C34H26F2N4O4. The first-order valence-electron chi connectivity index (χ1n) is 13.9. The minimum absolute atomic E-state index is 0.263. The second-order valence-corrected chi connectivity index (χ2v) is 10.5. The summed E-state index contributed by atoms with van der Waals surface area (Å²) in [4.78, 5) is 24.6. The Morgan fingerprint density at radius 2 is 1.09 bits per heavy atom. The van der Waals surface area contributed by atoms with Crippen LogP contribution in [0.1, 0.15) is 33.4 Å². The summed E-state index contributed by atoms with van der Waals surface area (Å²) in [6, 6.07) is 20.2. The molecule has 0 saturated heterocycles. The molecule has 4 aliphatic rings. The number of rotatable bonds is 2. The number of anilines is 4. The van der Waals surface area contributed by atoms with Gasteiger partial charge in [-0.15, -0.1) is 0 Å². The van der Waals surface area contributed by atoms with Gasteiger partial charge in [-0.1, -0.05) is 0 Å². The van der Waals surface area contributed by atoms with E-state index in [2.05, 4.69) is 21.3 Å². The summed E-state index contributed by atoms with van der Waals surface area (Å²) in [6.07, 6.45) is 0. The van der Waals surface area contributed by atoms with Gasteiger partial charge < -0.3 is 30.7 Å². The molecule has 4 N–H and O–H groups in total. The van der Waals surface area contributed by atoms with Gasteiger partial charge in [0, 0.05) is 64.5 Å². The van der Waals surface area contributed by atoms with Crippen LogP contribution in [0.15, 0.2) is 72.8 Å². The lowest BCUT2D eigenvalue weighted by Crippen LogP contribution is -2.05. The lowest BCUT2D eigenvalue weighted by Gasteiger charge is -2.06. The zero-order valence-electron chi connectivity index (χ0n) is 23.7. The van der Waals surface area contributed by atoms with Gasteiger partial charge in [-0.05, 0) is 72.8 Å². The number of halogens is 2. The van der Waals surface area contributed by atoms with Crippen molar-refractivity contribution in [2.75, 3.05) is 35.4 Å².